The third-order valence-electron chi connectivity index (χ3n) is 5.03. The highest BCUT2D eigenvalue weighted by atomic mass is 79.9. The zero-order chi connectivity index (χ0) is 24.0. The molecule has 0 saturated carbocycles. The molecule has 0 saturated heterocycles. The van der Waals surface area contributed by atoms with E-state index in [4.69, 9.17) is 4.74 Å². The van der Waals surface area contributed by atoms with E-state index in [1.165, 1.54) is 23.5 Å². The van der Waals surface area contributed by atoms with Gasteiger partial charge in [0.1, 0.15) is 5.75 Å². The van der Waals surface area contributed by atoms with Gasteiger partial charge in [0.2, 0.25) is 0 Å². The minimum absolute atomic E-state index is 0.131. The molecule has 0 fully saturated rings. The number of carbonyl (C=O) groups is 1. The molecule has 0 aliphatic carbocycles. The van der Waals surface area contributed by atoms with E-state index in [2.05, 4.69) is 35.1 Å². The Morgan fingerprint density at radius 3 is 2.33 bits per heavy atom. The summed E-state index contributed by atoms with van der Waals surface area (Å²) in [7, 11) is -2.22. The first-order valence-electron chi connectivity index (χ1n) is 10.6. The molecule has 0 spiro atoms. The molecule has 6 nitrogen and oxygen atoms in total. The lowest BCUT2D eigenvalue weighted by Crippen LogP contribution is -2.26. The molecule has 0 bridgehead atoms. The van der Waals surface area contributed by atoms with Crippen LogP contribution < -0.4 is 14.4 Å². The van der Waals surface area contributed by atoms with Crippen LogP contribution in [0.4, 0.5) is 11.4 Å². The smallest absolute Gasteiger partial charge is 0.264 e. The minimum atomic E-state index is -3.72. The Labute approximate surface area is 203 Å². The molecule has 33 heavy (non-hydrogen) atoms. The van der Waals surface area contributed by atoms with Crippen molar-refractivity contribution >= 4 is 43.2 Å². The van der Waals surface area contributed by atoms with E-state index >= 15 is 0 Å². The summed E-state index contributed by atoms with van der Waals surface area (Å²) in [5.74, 6) is 0.654. The van der Waals surface area contributed by atoms with Crippen LogP contribution >= 0.6 is 15.9 Å². The van der Waals surface area contributed by atoms with Crippen molar-refractivity contribution in [3.63, 3.8) is 0 Å². The first-order chi connectivity index (χ1) is 15.7. The maximum absolute atomic E-state index is 12.9. The average Bonchev–Trinajstić information content (AvgIpc) is 2.80. The van der Waals surface area contributed by atoms with E-state index in [1.54, 1.807) is 48.5 Å². The molecular formula is C25H27BrN2O4S. The lowest BCUT2D eigenvalue weighted by Gasteiger charge is -2.19. The number of halogens is 1. The molecule has 3 aromatic rings. The zero-order valence-electron chi connectivity index (χ0n) is 18.8. The van der Waals surface area contributed by atoms with E-state index in [-0.39, 0.29) is 10.8 Å². The molecule has 0 atom stereocenters. The summed E-state index contributed by atoms with van der Waals surface area (Å²) in [6.45, 7) is 4.74. The first kappa shape index (κ1) is 24.8. The second kappa shape index (κ2) is 10.9. The van der Waals surface area contributed by atoms with E-state index in [1.807, 2.05) is 12.1 Å². The van der Waals surface area contributed by atoms with E-state index in [0.717, 1.165) is 10.9 Å². The van der Waals surface area contributed by atoms with Gasteiger partial charge >= 0.3 is 0 Å². The number of anilines is 2. The number of para-hydroxylation sites is 1. The molecule has 1 amide bonds. The van der Waals surface area contributed by atoms with Gasteiger partial charge in [-0.1, -0.05) is 48.0 Å². The summed E-state index contributed by atoms with van der Waals surface area (Å²) in [5.41, 5.74) is 1.44. The fourth-order valence-electron chi connectivity index (χ4n) is 3.05. The van der Waals surface area contributed by atoms with Crippen molar-refractivity contribution in [2.45, 2.75) is 25.2 Å². The number of benzene rings is 3. The lowest BCUT2D eigenvalue weighted by atomic mass is 10.1. The predicted octanol–water partition coefficient (Wildman–Crippen LogP) is 5.95. The third-order valence-corrected chi connectivity index (χ3v) is 7.32. The highest BCUT2D eigenvalue weighted by Crippen LogP contribution is 2.26. The maximum Gasteiger partial charge on any atom is 0.264 e. The number of nitrogens with one attached hydrogen (secondary N) is 1. The molecule has 0 aliphatic heterocycles. The second-order valence-corrected chi connectivity index (χ2v) is 10.8. The number of amides is 1. The second-order valence-electron chi connectivity index (χ2n) is 7.96. The largest absolute Gasteiger partial charge is 0.493 e. The van der Waals surface area contributed by atoms with Gasteiger partial charge in [0.05, 0.1) is 22.8 Å². The van der Waals surface area contributed by atoms with Gasteiger partial charge in [-0.25, -0.2) is 8.42 Å². The number of ether oxygens (including phenoxy) is 1. The summed E-state index contributed by atoms with van der Waals surface area (Å²) in [6.07, 6.45) is 0.879. The Morgan fingerprint density at radius 1 is 1.03 bits per heavy atom. The molecule has 174 valence electrons. The van der Waals surface area contributed by atoms with Gasteiger partial charge in [-0.2, -0.15) is 0 Å². The third kappa shape index (κ3) is 6.36. The quantitative estimate of drug-likeness (QED) is 0.370. The Morgan fingerprint density at radius 2 is 1.70 bits per heavy atom. The van der Waals surface area contributed by atoms with Crippen molar-refractivity contribution in [3.8, 4) is 5.75 Å². The Bertz CT molecular complexity index is 1200. The summed E-state index contributed by atoms with van der Waals surface area (Å²) in [5, 5.41) is 2.82. The summed E-state index contributed by atoms with van der Waals surface area (Å²) in [6, 6.07) is 20.2. The van der Waals surface area contributed by atoms with Gasteiger partial charge in [-0.15, -0.1) is 0 Å². The fraction of sp³-hybridized carbons (Fsp3) is 0.240. The fourth-order valence-corrected chi connectivity index (χ4v) is 4.61. The Hall–Kier alpha value is -2.84. The van der Waals surface area contributed by atoms with Crippen molar-refractivity contribution < 1.29 is 17.9 Å². The molecule has 0 heterocycles. The van der Waals surface area contributed by atoms with Crippen LogP contribution in [0.1, 0.15) is 30.6 Å². The van der Waals surface area contributed by atoms with Crippen molar-refractivity contribution in [3.05, 3.63) is 82.8 Å². The number of rotatable bonds is 9. The standard InChI is InChI=1S/C25H27BrN2O4S/c1-18(2)15-16-32-24-14-9-19(26)17-23(24)25(29)27-20-10-12-22(13-11-20)33(30,31)28(3)21-7-5-4-6-8-21/h4-14,17-18H,15-16H2,1-3H3,(H,27,29). The molecule has 8 heteroatoms. The number of hydrogen-bond donors (Lipinski definition) is 1. The van der Waals surface area contributed by atoms with Crippen molar-refractivity contribution in [1.82, 2.24) is 0 Å². The topological polar surface area (TPSA) is 75.7 Å². The molecule has 3 rings (SSSR count). The van der Waals surface area contributed by atoms with Crippen LogP contribution in [0.2, 0.25) is 0 Å². The zero-order valence-corrected chi connectivity index (χ0v) is 21.2. The number of carbonyl (C=O) groups excluding carboxylic acids is 1. The Kier molecular flexibility index (Phi) is 8.15. The van der Waals surface area contributed by atoms with Crippen LogP contribution in [0.5, 0.6) is 5.75 Å². The van der Waals surface area contributed by atoms with Crippen LogP contribution in [0, 0.1) is 5.92 Å². The van der Waals surface area contributed by atoms with Crippen LogP contribution in [0.3, 0.4) is 0 Å². The van der Waals surface area contributed by atoms with Crippen LogP contribution in [0.15, 0.2) is 82.2 Å². The van der Waals surface area contributed by atoms with Gasteiger partial charge in [-0.3, -0.25) is 9.10 Å². The number of nitrogens with zero attached hydrogens (tertiary/aromatic N) is 1. The molecule has 3 aromatic carbocycles. The van der Waals surface area contributed by atoms with Crippen molar-refractivity contribution in [2.75, 3.05) is 23.3 Å². The summed E-state index contributed by atoms with van der Waals surface area (Å²) < 4.78 is 33.7. The SMILES string of the molecule is CC(C)CCOc1ccc(Br)cc1C(=O)Nc1ccc(S(=O)(=O)N(C)c2ccccc2)cc1. The van der Waals surface area contributed by atoms with Crippen LogP contribution in [-0.4, -0.2) is 28.0 Å². The monoisotopic (exact) mass is 530 g/mol. The van der Waals surface area contributed by atoms with E-state index in [0.29, 0.717) is 35.2 Å². The van der Waals surface area contributed by atoms with E-state index < -0.39 is 10.0 Å². The molecular weight excluding hydrogens is 504 g/mol. The van der Waals surface area contributed by atoms with Gasteiger partial charge in [-0.05, 0) is 66.9 Å². The molecule has 0 unspecified atom stereocenters. The molecule has 0 aromatic heterocycles. The van der Waals surface area contributed by atoms with Gasteiger partial charge in [0, 0.05) is 17.2 Å². The first-order valence-corrected chi connectivity index (χ1v) is 12.8. The van der Waals surface area contributed by atoms with Crippen LogP contribution in [-0.2, 0) is 10.0 Å². The number of hydrogen-bond acceptors (Lipinski definition) is 4. The summed E-state index contributed by atoms with van der Waals surface area (Å²) in [4.78, 5) is 13.1. The average molecular weight is 531 g/mol. The lowest BCUT2D eigenvalue weighted by molar-refractivity contribution is 0.102. The van der Waals surface area contributed by atoms with Crippen LogP contribution in [0.25, 0.3) is 0 Å². The molecule has 0 radical (unpaired) electrons. The van der Waals surface area contributed by atoms with E-state index in [9.17, 15) is 13.2 Å². The van der Waals surface area contributed by atoms with Gasteiger partial charge < -0.3 is 10.1 Å². The molecule has 1 N–H and O–H groups in total. The highest BCUT2D eigenvalue weighted by Gasteiger charge is 2.21. The van der Waals surface area contributed by atoms with Gasteiger partial charge in [0.25, 0.3) is 15.9 Å². The summed E-state index contributed by atoms with van der Waals surface area (Å²) >= 11 is 3.40. The Balaban J connectivity index is 1.75. The highest BCUT2D eigenvalue weighted by molar-refractivity contribution is 9.10. The van der Waals surface area contributed by atoms with Gasteiger partial charge in [0.15, 0.2) is 0 Å². The van der Waals surface area contributed by atoms with Crippen molar-refractivity contribution in [1.29, 1.82) is 0 Å². The molecule has 0 aliphatic rings. The predicted molar refractivity (Wildman–Crippen MR) is 136 cm³/mol. The maximum atomic E-state index is 12.9. The number of sulfonamides is 1. The minimum Gasteiger partial charge on any atom is -0.493 e. The van der Waals surface area contributed by atoms with Crippen molar-refractivity contribution in [2.24, 2.45) is 5.92 Å². The normalized spacial score (nSPS) is 11.3.